The smallest absolute Gasteiger partial charge is 0.157 e. The molecule has 0 N–H and O–H groups in total. The highest BCUT2D eigenvalue weighted by atomic mass is 16.5. The molecule has 1 aliphatic rings. The molecule has 130 valence electrons. The second kappa shape index (κ2) is 7.48. The quantitative estimate of drug-likeness (QED) is 0.711. The number of aromatic nitrogens is 3. The average Bonchev–Trinajstić information content (AvgIpc) is 3.32. The summed E-state index contributed by atoms with van der Waals surface area (Å²) < 4.78 is 7.65. The summed E-state index contributed by atoms with van der Waals surface area (Å²) in [6, 6.07) is 20.1. The zero-order valence-electron chi connectivity index (χ0n) is 14.3. The SMILES string of the molecule is N#Cc1ccccc1Cn1cc([C@@H]2OCCN2Cc2ccccc2)nn1. The molecule has 4 rings (SSSR count). The maximum Gasteiger partial charge on any atom is 0.157 e. The Morgan fingerprint density at radius 2 is 1.88 bits per heavy atom. The van der Waals surface area contributed by atoms with Crippen LogP contribution in [0.4, 0.5) is 0 Å². The lowest BCUT2D eigenvalue weighted by Crippen LogP contribution is -2.23. The summed E-state index contributed by atoms with van der Waals surface area (Å²) in [6.45, 7) is 2.88. The molecule has 0 amide bonds. The van der Waals surface area contributed by atoms with E-state index in [0.717, 1.165) is 24.3 Å². The van der Waals surface area contributed by atoms with Gasteiger partial charge in [0.05, 0.1) is 31.0 Å². The van der Waals surface area contributed by atoms with Gasteiger partial charge in [-0.3, -0.25) is 4.90 Å². The van der Waals surface area contributed by atoms with Crippen LogP contribution in [-0.4, -0.2) is 33.0 Å². The number of nitriles is 1. The summed E-state index contributed by atoms with van der Waals surface area (Å²) in [7, 11) is 0. The fraction of sp³-hybridized carbons (Fsp3) is 0.250. The van der Waals surface area contributed by atoms with Crippen molar-refractivity contribution in [3.63, 3.8) is 0 Å². The molecule has 6 heteroatoms. The minimum atomic E-state index is -0.185. The third-order valence-electron chi connectivity index (χ3n) is 4.49. The lowest BCUT2D eigenvalue weighted by Gasteiger charge is -2.20. The first-order chi connectivity index (χ1) is 12.8. The van der Waals surface area contributed by atoms with Crippen molar-refractivity contribution in [2.75, 3.05) is 13.2 Å². The van der Waals surface area contributed by atoms with Gasteiger partial charge in [-0.25, -0.2) is 4.68 Å². The van der Waals surface area contributed by atoms with E-state index in [2.05, 4.69) is 33.4 Å². The van der Waals surface area contributed by atoms with Crippen molar-refractivity contribution in [3.05, 3.63) is 83.2 Å². The Kier molecular flexibility index (Phi) is 4.73. The second-order valence-corrected chi connectivity index (χ2v) is 6.29. The van der Waals surface area contributed by atoms with E-state index in [1.54, 1.807) is 4.68 Å². The van der Waals surface area contributed by atoms with Gasteiger partial charge in [0.1, 0.15) is 5.69 Å². The molecular formula is C20H19N5O. The number of nitrogens with zero attached hydrogens (tertiary/aromatic N) is 5. The maximum atomic E-state index is 9.23. The lowest BCUT2D eigenvalue weighted by molar-refractivity contribution is 0.0252. The fourth-order valence-electron chi connectivity index (χ4n) is 3.20. The highest BCUT2D eigenvalue weighted by molar-refractivity contribution is 5.37. The van der Waals surface area contributed by atoms with Crippen LogP contribution in [0.15, 0.2) is 60.8 Å². The van der Waals surface area contributed by atoms with Gasteiger partial charge in [0.15, 0.2) is 6.23 Å². The lowest BCUT2D eigenvalue weighted by atomic mass is 10.1. The molecule has 0 saturated carbocycles. The minimum absolute atomic E-state index is 0.185. The van der Waals surface area contributed by atoms with Crippen LogP contribution in [0.3, 0.4) is 0 Å². The molecule has 2 heterocycles. The topological polar surface area (TPSA) is 67.0 Å². The molecule has 2 aromatic carbocycles. The van der Waals surface area contributed by atoms with E-state index in [9.17, 15) is 5.26 Å². The van der Waals surface area contributed by atoms with Crippen LogP contribution in [0.2, 0.25) is 0 Å². The Hall–Kier alpha value is -3.01. The molecule has 0 unspecified atom stereocenters. The van der Waals surface area contributed by atoms with Gasteiger partial charge in [-0.15, -0.1) is 5.10 Å². The fourth-order valence-corrected chi connectivity index (χ4v) is 3.20. The van der Waals surface area contributed by atoms with Gasteiger partial charge < -0.3 is 4.74 Å². The Balaban J connectivity index is 1.49. The molecule has 1 atom stereocenters. The van der Waals surface area contributed by atoms with Crippen molar-refractivity contribution in [1.82, 2.24) is 19.9 Å². The van der Waals surface area contributed by atoms with Crippen molar-refractivity contribution in [2.45, 2.75) is 19.3 Å². The normalized spacial score (nSPS) is 17.3. The van der Waals surface area contributed by atoms with Crippen LogP contribution in [0.25, 0.3) is 0 Å². The van der Waals surface area contributed by atoms with Crippen LogP contribution >= 0.6 is 0 Å². The Morgan fingerprint density at radius 3 is 2.73 bits per heavy atom. The van der Waals surface area contributed by atoms with Crippen molar-refractivity contribution < 1.29 is 4.74 Å². The molecule has 0 spiro atoms. The van der Waals surface area contributed by atoms with Gasteiger partial charge >= 0.3 is 0 Å². The van der Waals surface area contributed by atoms with Gasteiger partial charge in [-0.2, -0.15) is 5.26 Å². The summed E-state index contributed by atoms with van der Waals surface area (Å²) in [5.41, 5.74) is 3.64. The monoisotopic (exact) mass is 345 g/mol. The first-order valence-electron chi connectivity index (χ1n) is 8.61. The Morgan fingerprint density at radius 1 is 1.08 bits per heavy atom. The number of benzene rings is 2. The average molecular weight is 345 g/mol. The van der Waals surface area contributed by atoms with Crippen molar-refractivity contribution in [3.8, 4) is 6.07 Å². The number of hydrogen-bond donors (Lipinski definition) is 0. The highest BCUT2D eigenvalue weighted by Crippen LogP contribution is 2.27. The molecular weight excluding hydrogens is 326 g/mol. The zero-order valence-corrected chi connectivity index (χ0v) is 14.3. The number of rotatable bonds is 5. The third kappa shape index (κ3) is 3.49. The molecule has 1 aromatic heterocycles. The van der Waals surface area contributed by atoms with E-state index in [-0.39, 0.29) is 6.23 Å². The largest absolute Gasteiger partial charge is 0.356 e. The van der Waals surface area contributed by atoms with Crippen LogP contribution in [0.1, 0.15) is 28.6 Å². The molecule has 6 nitrogen and oxygen atoms in total. The summed E-state index contributed by atoms with van der Waals surface area (Å²) in [6.07, 6.45) is 1.72. The molecule has 0 aliphatic carbocycles. The minimum Gasteiger partial charge on any atom is -0.356 e. The maximum absolute atomic E-state index is 9.23. The van der Waals surface area contributed by atoms with Gasteiger partial charge in [-0.1, -0.05) is 53.7 Å². The van der Waals surface area contributed by atoms with E-state index in [1.807, 2.05) is 48.7 Å². The second-order valence-electron chi connectivity index (χ2n) is 6.29. The van der Waals surface area contributed by atoms with Crippen LogP contribution < -0.4 is 0 Å². The predicted molar refractivity (Wildman–Crippen MR) is 95.8 cm³/mol. The first kappa shape index (κ1) is 16.5. The zero-order chi connectivity index (χ0) is 17.8. The van der Waals surface area contributed by atoms with Crippen molar-refractivity contribution >= 4 is 0 Å². The molecule has 26 heavy (non-hydrogen) atoms. The molecule has 1 aliphatic heterocycles. The molecule has 1 fully saturated rings. The van der Waals surface area contributed by atoms with Gasteiger partial charge in [-0.05, 0) is 17.2 Å². The van der Waals surface area contributed by atoms with E-state index < -0.39 is 0 Å². The third-order valence-corrected chi connectivity index (χ3v) is 4.49. The van der Waals surface area contributed by atoms with E-state index in [0.29, 0.717) is 18.7 Å². The summed E-state index contributed by atoms with van der Waals surface area (Å²) in [4.78, 5) is 2.26. The first-order valence-corrected chi connectivity index (χ1v) is 8.61. The summed E-state index contributed by atoms with van der Waals surface area (Å²) in [5, 5.41) is 17.8. The van der Waals surface area contributed by atoms with Crippen molar-refractivity contribution in [1.29, 1.82) is 5.26 Å². The van der Waals surface area contributed by atoms with Crippen molar-refractivity contribution in [2.24, 2.45) is 0 Å². The van der Waals surface area contributed by atoms with E-state index >= 15 is 0 Å². The highest BCUT2D eigenvalue weighted by Gasteiger charge is 2.29. The molecule has 1 saturated heterocycles. The van der Waals surface area contributed by atoms with Crippen LogP contribution in [0, 0.1) is 11.3 Å². The predicted octanol–water partition coefficient (Wildman–Crippen LogP) is 2.73. The van der Waals surface area contributed by atoms with Gasteiger partial charge in [0, 0.05) is 13.1 Å². The summed E-state index contributed by atoms with van der Waals surface area (Å²) >= 11 is 0. The standard InChI is InChI=1S/C20H19N5O/c21-12-17-8-4-5-9-18(17)14-25-15-19(22-23-25)20-24(10-11-26-20)13-16-6-2-1-3-7-16/h1-9,15,20H,10-11,13-14H2/t20-/m0/s1. The Bertz CT molecular complexity index is 915. The van der Waals surface area contributed by atoms with Gasteiger partial charge in [0.2, 0.25) is 0 Å². The van der Waals surface area contributed by atoms with E-state index in [4.69, 9.17) is 4.74 Å². The Labute approximate surface area is 152 Å². The van der Waals surface area contributed by atoms with E-state index in [1.165, 1.54) is 5.56 Å². The molecule has 0 bridgehead atoms. The number of ether oxygens (including phenoxy) is 1. The summed E-state index contributed by atoms with van der Waals surface area (Å²) in [5.74, 6) is 0. The van der Waals surface area contributed by atoms with Crippen LogP contribution in [0.5, 0.6) is 0 Å². The van der Waals surface area contributed by atoms with Gasteiger partial charge in [0.25, 0.3) is 0 Å². The molecule has 3 aromatic rings. The molecule has 0 radical (unpaired) electrons. The number of hydrogen-bond acceptors (Lipinski definition) is 5. The van der Waals surface area contributed by atoms with Crippen LogP contribution in [-0.2, 0) is 17.8 Å².